The van der Waals surface area contributed by atoms with E-state index in [0.29, 0.717) is 4.88 Å². The predicted octanol–water partition coefficient (Wildman–Crippen LogP) is 2.35. The van der Waals surface area contributed by atoms with Gasteiger partial charge >= 0.3 is 5.97 Å². The Labute approximate surface area is 86.4 Å². The second kappa shape index (κ2) is 4.37. The fourth-order valence-electron chi connectivity index (χ4n) is 1.20. The number of carboxylic acid groups (broad SMARTS) is 1. The summed E-state index contributed by atoms with van der Waals surface area (Å²) in [5.74, 6) is -1.44. The number of rotatable bonds is 4. The van der Waals surface area contributed by atoms with Gasteiger partial charge < -0.3 is 5.11 Å². The van der Waals surface area contributed by atoms with Gasteiger partial charge in [-0.25, -0.2) is 0 Å². The molecule has 0 saturated heterocycles. The zero-order valence-corrected chi connectivity index (χ0v) is 8.93. The number of carboxylic acids is 1. The highest BCUT2D eigenvalue weighted by Gasteiger charge is 2.20. The number of aryl methyl sites for hydroxylation is 1. The van der Waals surface area contributed by atoms with Gasteiger partial charge in [-0.2, -0.15) is 0 Å². The van der Waals surface area contributed by atoms with Crippen molar-refractivity contribution in [1.82, 2.24) is 0 Å². The Hall–Kier alpha value is -1.16. The largest absolute Gasteiger partial charge is 0.481 e. The molecular weight excluding hydrogens is 200 g/mol. The number of carbonyl (C=O) groups is 2. The Kier molecular flexibility index (Phi) is 3.41. The van der Waals surface area contributed by atoms with Gasteiger partial charge in [0, 0.05) is 5.92 Å². The van der Waals surface area contributed by atoms with Crippen molar-refractivity contribution in [2.24, 2.45) is 5.92 Å². The first kappa shape index (κ1) is 10.9. The highest BCUT2D eigenvalue weighted by Crippen LogP contribution is 2.21. The van der Waals surface area contributed by atoms with Crippen molar-refractivity contribution < 1.29 is 14.7 Å². The molecule has 1 N–H and O–H groups in total. The molecule has 1 aromatic rings. The van der Waals surface area contributed by atoms with Crippen LogP contribution in [0.3, 0.4) is 0 Å². The van der Waals surface area contributed by atoms with E-state index in [2.05, 4.69) is 0 Å². The topological polar surface area (TPSA) is 54.4 Å². The lowest BCUT2D eigenvalue weighted by molar-refractivity contribution is -0.137. The second-order valence-electron chi connectivity index (χ2n) is 3.30. The first-order valence-electron chi connectivity index (χ1n) is 4.32. The van der Waals surface area contributed by atoms with Crippen molar-refractivity contribution in [2.45, 2.75) is 20.3 Å². The summed E-state index contributed by atoms with van der Waals surface area (Å²) in [4.78, 5) is 22.8. The maximum absolute atomic E-state index is 11.7. The number of carbonyl (C=O) groups excluding carboxylic acids is 1. The van der Waals surface area contributed by atoms with Crippen molar-refractivity contribution in [2.75, 3.05) is 0 Å². The van der Waals surface area contributed by atoms with Crippen LogP contribution in [0.25, 0.3) is 0 Å². The van der Waals surface area contributed by atoms with E-state index >= 15 is 0 Å². The summed E-state index contributed by atoms with van der Waals surface area (Å²) < 4.78 is 0. The van der Waals surface area contributed by atoms with Crippen LogP contribution in [0, 0.1) is 12.8 Å². The molecule has 4 heteroatoms. The molecule has 0 aliphatic heterocycles. The summed E-state index contributed by atoms with van der Waals surface area (Å²) in [6.07, 6.45) is -0.101. The van der Waals surface area contributed by atoms with Crippen molar-refractivity contribution >= 4 is 23.1 Å². The minimum absolute atomic E-state index is 0.0695. The average Bonchev–Trinajstić information content (AvgIpc) is 2.48. The third kappa shape index (κ3) is 2.42. The zero-order valence-electron chi connectivity index (χ0n) is 8.11. The fourth-order valence-corrected chi connectivity index (χ4v) is 2.18. The van der Waals surface area contributed by atoms with Gasteiger partial charge in [0.05, 0.1) is 11.3 Å². The molecule has 0 saturated carbocycles. The molecule has 3 nitrogen and oxygen atoms in total. The smallest absolute Gasteiger partial charge is 0.304 e. The molecule has 0 bridgehead atoms. The number of Topliss-reactive ketones (excluding diaryl/α,β-unsaturated/α-hetero) is 1. The zero-order chi connectivity index (χ0) is 10.7. The molecule has 14 heavy (non-hydrogen) atoms. The number of thiophene rings is 1. The van der Waals surface area contributed by atoms with Crippen LogP contribution < -0.4 is 0 Å². The second-order valence-corrected chi connectivity index (χ2v) is 4.21. The third-order valence-corrected chi connectivity index (χ3v) is 3.05. The van der Waals surface area contributed by atoms with Gasteiger partial charge in [0.25, 0.3) is 0 Å². The summed E-state index contributed by atoms with van der Waals surface area (Å²) in [5.41, 5.74) is 0.928. The van der Waals surface area contributed by atoms with Crippen molar-refractivity contribution in [3.63, 3.8) is 0 Å². The van der Waals surface area contributed by atoms with Gasteiger partial charge in [-0.3, -0.25) is 9.59 Å². The van der Waals surface area contributed by atoms with E-state index in [4.69, 9.17) is 5.11 Å². The van der Waals surface area contributed by atoms with Gasteiger partial charge in [0.2, 0.25) is 0 Å². The SMILES string of the molecule is Cc1ccsc1C(=O)C(C)CC(=O)O. The molecule has 0 fully saturated rings. The summed E-state index contributed by atoms with van der Waals surface area (Å²) in [7, 11) is 0. The van der Waals surface area contributed by atoms with E-state index in [0.717, 1.165) is 5.56 Å². The van der Waals surface area contributed by atoms with E-state index in [1.165, 1.54) is 11.3 Å². The standard InChI is InChI=1S/C10H12O3S/c1-6-3-4-14-10(6)9(13)7(2)5-8(11)12/h3-4,7H,5H2,1-2H3,(H,11,12). The average molecular weight is 212 g/mol. The van der Waals surface area contributed by atoms with Crippen LogP contribution in [0.2, 0.25) is 0 Å². The minimum Gasteiger partial charge on any atom is -0.481 e. The highest BCUT2D eigenvalue weighted by molar-refractivity contribution is 7.12. The van der Waals surface area contributed by atoms with E-state index in [1.807, 2.05) is 18.4 Å². The highest BCUT2D eigenvalue weighted by atomic mass is 32.1. The number of hydrogen-bond donors (Lipinski definition) is 1. The summed E-state index contributed by atoms with van der Waals surface area (Å²) in [6, 6.07) is 1.87. The molecule has 0 amide bonds. The monoisotopic (exact) mass is 212 g/mol. The number of hydrogen-bond acceptors (Lipinski definition) is 3. The van der Waals surface area contributed by atoms with Crippen molar-refractivity contribution in [3.05, 3.63) is 21.9 Å². The third-order valence-electron chi connectivity index (χ3n) is 2.01. The predicted molar refractivity (Wildman–Crippen MR) is 54.8 cm³/mol. The maximum atomic E-state index is 11.7. The normalized spacial score (nSPS) is 12.4. The Morgan fingerprint density at radius 2 is 2.21 bits per heavy atom. The summed E-state index contributed by atoms with van der Waals surface area (Å²) >= 11 is 1.37. The molecular formula is C10H12O3S. The van der Waals surface area contributed by atoms with Crippen LogP contribution in [0.15, 0.2) is 11.4 Å². The molecule has 0 aliphatic rings. The van der Waals surface area contributed by atoms with E-state index in [-0.39, 0.29) is 12.2 Å². The molecule has 1 rings (SSSR count). The Balaban J connectivity index is 2.76. The first-order valence-corrected chi connectivity index (χ1v) is 5.20. The van der Waals surface area contributed by atoms with Crippen molar-refractivity contribution in [1.29, 1.82) is 0 Å². The molecule has 1 unspecified atom stereocenters. The van der Waals surface area contributed by atoms with Crippen LogP contribution in [-0.2, 0) is 4.79 Å². The fraction of sp³-hybridized carbons (Fsp3) is 0.400. The summed E-state index contributed by atoms with van der Waals surface area (Å²) in [6.45, 7) is 3.51. The van der Waals surface area contributed by atoms with E-state index < -0.39 is 11.9 Å². The van der Waals surface area contributed by atoms with Crippen LogP contribution in [0.1, 0.15) is 28.6 Å². The molecule has 1 aromatic heterocycles. The van der Waals surface area contributed by atoms with Crippen molar-refractivity contribution in [3.8, 4) is 0 Å². The minimum atomic E-state index is -0.931. The lowest BCUT2D eigenvalue weighted by atomic mass is 10.00. The summed E-state index contributed by atoms with van der Waals surface area (Å²) in [5, 5.41) is 10.4. The van der Waals surface area contributed by atoms with Gasteiger partial charge in [-0.05, 0) is 23.9 Å². The van der Waals surface area contributed by atoms with Crippen LogP contribution in [0.5, 0.6) is 0 Å². The van der Waals surface area contributed by atoms with E-state index in [9.17, 15) is 9.59 Å². The van der Waals surface area contributed by atoms with E-state index in [1.54, 1.807) is 6.92 Å². The first-order chi connectivity index (χ1) is 6.52. The number of aliphatic carboxylic acids is 1. The van der Waals surface area contributed by atoms with Crippen LogP contribution in [0.4, 0.5) is 0 Å². The molecule has 76 valence electrons. The van der Waals surface area contributed by atoms with Gasteiger partial charge in [-0.15, -0.1) is 11.3 Å². The van der Waals surface area contributed by atoms with Crippen LogP contribution >= 0.6 is 11.3 Å². The quantitative estimate of drug-likeness (QED) is 0.779. The van der Waals surface area contributed by atoms with Crippen LogP contribution in [-0.4, -0.2) is 16.9 Å². The van der Waals surface area contributed by atoms with Gasteiger partial charge in [0.15, 0.2) is 5.78 Å². The van der Waals surface area contributed by atoms with Gasteiger partial charge in [0.1, 0.15) is 0 Å². The molecule has 0 radical (unpaired) electrons. The molecule has 1 atom stereocenters. The Morgan fingerprint density at radius 1 is 1.57 bits per heavy atom. The Bertz CT molecular complexity index is 354. The van der Waals surface area contributed by atoms with Gasteiger partial charge in [-0.1, -0.05) is 6.92 Å². The Morgan fingerprint density at radius 3 is 2.64 bits per heavy atom. The molecule has 0 aliphatic carbocycles. The lowest BCUT2D eigenvalue weighted by Gasteiger charge is -2.06. The molecule has 1 heterocycles. The lowest BCUT2D eigenvalue weighted by Crippen LogP contribution is -2.15. The number of ketones is 1. The molecule has 0 aromatic carbocycles. The maximum Gasteiger partial charge on any atom is 0.304 e. The molecule has 0 spiro atoms.